The number of nitrogens with zero attached hydrogens (tertiary/aromatic N) is 1. The van der Waals surface area contributed by atoms with Gasteiger partial charge in [-0.1, -0.05) is 19.1 Å². The van der Waals surface area contributed by atoms with E-state index >= 15 is 0 Å². The lowest BCUT2D eigenvalue weighted by molar-refractivity contribution is 0.203. The highest BCUT2D eigenvalue weighted by Crippen LogP contribution is 2.26. The highest BCUT2D eigenvalue weighted by Gasteiger charge is 2.19. The molecule has 1 saturated heterocycles. The Kier molecular flexibility index (Phi) is 5.86. The molecule has 0 bridgehead atoms. The van der Waals surface area contributed by atoms with Crippen molar-refractivity contribution in [1.29, 1.82) is 0 Å². The number of hydrogen-bond donors (Lipinski definition) is 2. The fraction of sp³-hybridized carbons (Fsp3) is 0.647. The molecule has 1 aliphatic rings. The number of rotatable bonds is 6. The molecule has 1 aromatic rings. The van der Waals surface area contributed by atoms with Crippen LogP contribution in [0, 0.1) is 12.8 Å². The lowest BCUT2D eigenvalue weighted by atomic mass is 9.96. The first-order valence-electron chi connectivity index (χ1n) is 7.90. The second-order valence-electron chi connectivity index (χ2n) is 5.91. The maximum Gasteiger partial charge on any atom is 0.0460 e. The molecule has 20 heavy (non-hydrogen) atoms. The zero-order valence-corrected chi connectivity index (χ0v) is 12.9. The number of piperidine rings is 1. The van der Waals surface area contributed by atoms with Gasteiger partial charge >= 0.3 is 0 Å². The van der Waals surface area contributed by atoms with Gasteiger partial charge in [-0.05, 0) is 55.8 Å². The van der Waals surface area contributed by atoms with Crippen LogP contribution in [0.15, 0.2) is 18.2 Å². The third-order valence-corrected chi connectivity index (χ3v) is 4.23. The van der Waals surface area contributed by atoms with E-state index in [-0.39, 0.29) is 0 Å². The summed E-state index contributed by atoms with van der Waals surface area (Å²) in [7, 11) is 0. The molecule has 1 fully saturated rings. The maximum atomic E-state index is 9.22. The van der Waals surface area contributed by atoms with Crippen molar-refractivity contribution in [3.8, 4) is 0 Å². The van der Waals surface area contributed by atoms with E-state index in [1.165, 1.54) is 23.2 Å². The summed E-state index contributed by atoms with van der Waals surface area (Å²) >= 11 is 0. The first-order chi connectivity index (χ1) is 9.74. The van der Waals surface area contributed by atoms with Crippen LogP contribution >= 0.6 is 0 Å². The Bertz CT molecular complexity index is 411. The van der Waals surface area contributed by atoms with Gasteiger partial charge in [-0.25, -0.2) is 0 Å². The molecule has 0 saturated carbocycles. The molecule has 0 amide bonds. The van der Waals surface area contributed by atoms with Crippen LogP contribution < -0.4 is 10.2 Å². The van der Waals surface area contributed by atoms with E-state index in [1.54, 1.807) is 0 Å². The minimum atomic E-state index is 0.342. The van der Waals surface area contributed by atoms with Crippen molar-refractivity contribution < 1.29 is 5.11 Å². The van der Waals surface area contributed by atoms with Crippen LogP contribution in [-0.4, -0.2) is 31.3 Å². The summed E-state index contributed by atoms with van der Waals surface area (Å²) in [6.45, 7) is 8.92. The Morgan fingerprint density at radius 2 is 2.05 bits per heavy atom. The quantitative estimate of drug-likeness (QED) is 0.784. The zero-order valence-electron chi connectivity index (χ0n) is 12.9. The summed E-state index contributed by atoms with van der Waals surface area (Å²) in [6, 6.07) is 6.80. The van der Waals surface area contributed by atoms with Gasteiger partial charge in [-0.2, -0.15) is 0 Å². The molecule has 0 atom stereocenters. The number of aryl methyl sites for hydroxylation is 1. The number of hydrogen-bond acceptors (Lipinski definition) is 3. The maximum absolute atomic E-state index is 9.22. The highest BCUT2D eigenvalue weighted by molar-refractivity contribution is 5.54. The fourth-order valence-electron chi connectivity index (χ4n) is 2.95. The van der Waals surface area contributed by atoms with E-state index in [2.05, 4.69) is 42.3 Å². The SMILES string of the molecule is CCCNCc1ccc(N2CCC(CO)CC2)c(C)c1. The molecule has 0 spiro atoms. The predicted molar refractivity (Wildman–Crippen MR) is 85.2 cm³/mol. The Labute approximate surface area is 123 Å². The smallest absolute Gasteiger partial charge is 0.0460 e. The minimum absolute atomic E-state index is 0.342. The molecular weight excluding hydrogens is 248 g/mol. The summed E-state index contributed by atoms with van der Waals surface area (Å²) in [5, 5.41) is 12.7. The van der Waals surface area contributed by atoms with Gasteiger partial charge in [0.05, 0.1) is 0 Å². The summed E-state index contributed by atoms with van der Waals surface area (Å²) in [5.41, 5.74) is 4.09. The van der Waals surface area contributed by atoms with Crippen molar-refractivity contribution >= 4 is 5.69 Å². The van der Waals surface area contributed by atoms with Crippen LogP contribution in [0.25, 0.3) is 0 Å². The van der Waals surface area contributed by atoms with Gasteiger partial charge < -0.3 is 15.3 Å². The van der Waals surface area contributed by atoms with E-state index in [9.17, 15) is 5.11 Å². The standard InChI is InChI=1S/C17H28N2O/c1-3-8-18-12-16-4-5-17(14(2)11-16)19-9-6-15(13-20)7-10-19/h4-5,11,15,18,20H,3,6-10,12-13H2,1-2H3. The monoisotopic (exact) mass is 276 g/mol. The van der Waals surface area contributed by atoms with Crippen molar-refractivity contribution in [3.63, 3.8) is 0 Å². The van der Waals surface area contributed by atoms with Crippen molar-refractivity contribution in [3.05, 3.63) is 29.3 Å². The largest absolute Gasteiger partial charge is 0.396 e. The van der Waals surface area contributed by atoms with Gasteiger partial charge in [0.2, 0.25) is 0 Å². The van der Waals surface area contributed by atoms with E-state index in [4.69, 9.17) is 0 Å². The molecule has 3 nitrogen and oxygen atoms in total. The average molecular weight is 276 g/mol. The second-order valence-corrected chi connectivity index (χ2v) is 5.91. The van der Waals surface area contributed by atoms with E-state index in [1.807, 2.05) is 0 Å². The van der Waals surface area contributed by atoms with Crippen LogP contribution in [0.5, 0.6) is 0 Å². The third-order valence-electron chi connectivity index (χ3n) is 4.23. The number of aliphatic hydroxyl groups is 1. The molecule has 1 aliphatic heterocycles. The normalized spacial score (nSPS) is 16.6. The van der Waals surface area contributed by atoms with Crippen LogP contribution in [0.2, 0.25) is 0 Å². The molecule has 1 aromatic carbocycles. The molecule has 3 heteroatoms. The van der Waals surface area contributed by atoms with Crippen LogP contribution in [-0.2, 0) is 6.54 Å². The van der Waals surface area contributed by atoms with Gasteiger partial charge in [0.15, 0.2) is 0 Å². The van der Waals surface area contributed by atoms with Crippen LogP contribution in [0.3, 0.4) is 0 Å². The molecular formula is C17H28N2O. The third kappa shape index (κ3) is 3.97. The van der Waals surface area contributed by atoms with Crippen molar-refractivity contribution in [2.45, 2.75) is 39.7 Å². The van der Waals surface area contributed by atoms with Crippen molar-refractivity contribution in [2.75, 3.05) is 31.1 Å². The van der Waals surface area contributed by atoms with E-state index < -0.39 is 0 Å². The highest BCUT2D eigenvalue weighted by atomic mass is 16.3. The Morgan fingerprint density at radius 1 is 1.30 bits per heavy atom. The molecule has 0 radical (unpaired) electrons. The van der Waals surface area contributed by atoms with Crippen LogP contribution in [0.4, 0.5) is 5.69 Å². The topological polar surface area (TPSA) is 35.5 Å². The molecule has 2 rings (SSSR count). The lowest BCUT2D eigenvalue weighted by Gasteiger charge is -2.34. The van der Waals surface area contributed by atoms with Gasteiger partial charge in [0, 0.05) is 31.9 Å². The fourth-order valence-corrected chi connectivity index (χ4v) is 2.95. The first-order valence-corrected chi connectivity index (χ1v) is 7.90. The van der Waals surface area contributed by atoms with Crippen molar-refractivity contribution in [2.24, 2.45) is 5.92 Å². The van der Waals surface area contributed by atoms with Gasteiger partial charge in [-0.15, -0.1) is 0 Å². The summed E-state index contributed by atoms with van der Waals surface area (Å²) in [5.74, 6) is 0.504. The molecule has 0 unspecified atom stereocenters. The van der Waals surface area contributed by atoms with Crippen molar-refractivity contribution in [1.82, 2.24) is 5.32 Å². The average Bonchev–Trinajstić information content (AvgIpc) is 2.48. The van der Waals surface area contributed by atoms with E-state index in [0.29, 0.717) is 12.5 Å². The Balaban J connectivity index is 1.95. The first kappa shape index (κ1) is 15.3. The number of nitrogens with one attached hydrogen (secondary N) is 1. The molecule has 0 aromatic heterocycles. The minimum Gasteiger partial charge on any atom is -0.396 e. The summed E-state index contributed by atoms with van der Waals surface area (Å²) in [4.78, 5) is 2.46. The molecule has 0 aliphatic carbocycles. The number of anilines is 1. The predicted octanol–water partition coefficient (Wildman–Crippen LogP) is 2.70. The van der Waals surface area contributed by atoms with E-state index in [0.717, 1.165) is 39.0 Å². The van der Waals surface area contributed by atoms with Gasteiger partial charge in [-0.3, -0.25) is 0 Å². The van der Waals surface area contributed by atoms with Gasteiger partial charge in [0.1, 0.15) is 0 Å². The Morgan fingerprint density at radius 3 is 2.65 bits per heavy atom. The van der Waals surface area contributed by atoms with Gasteiger partial charge in [0.25, 0.3) is 0 Å². The second kappa shape index (κ2) is 7.65. The number of aliphatic hydroxyl groups excluding tert-OH is 1. The molecule has 2 N–H and O–H groups in total. The Hall–Kier alpha value is -1.06. The van der Waals surface area contributed by atoms with Crippen LogP contribution in [0.1, 0.15) is 37.3 Å². The molecule has 112 valence electrons. The number of benzene rings is 1. The summed E-state index contributed by atoms with van der Waals surface area (Å²) < 4.78 is 0. The summed E-state index contributed by atoms with van der Waals surface area (Å²) in [6.07, 6.45) is 3.39. The lowest BCUT2D eigenvalue weighted by Crippen LogP contribution is -2.35. The molecule has 1 heterocycles. The zero-order chi connectivity index (χ0) is 14.4.